The molecule has 0 atom stereocenters. The molecule has 0 heterocycles. The first-order valence-corrected chi connectivity index (χ1v) is 9.36. The van der Waals surface area contributed by atoms with E-state index < -0.39 is 15.9 Å². The van der Waals surface area contributed by atoms with Crippen LogP contribution in [0, 0.1) is 17.2 Å². The molecule has 0 aliphatic heterocycles. The fourth-order valence-corrected chi connectivity index (χ4v) is 3.84. The number of allylic oxidation sites excluding steroid dienone is 1. The summed E-state index contributed by atoms with van der Waals surface area (Å²) in [6.45, 7) is 0. The van der Waals surface area contributed by atoms with Crippen LogP contribution in [-0.4, -0.2) is 14.3 Å². The van der Waals surface area contributed by atoms with Crippen molar-refractivity contribution in [2.24, 2.45) is 5.92 Å². The summed E-state index contributed by atoms with van der Waals surface area (Å²) in [5.41, 5.74) is 0.676. The van der Waals surface area contributed by atoms with Crippen molar-refractivity contribution in [3.05, 3.63) is 47.5 Å². The molecule has 1 N–H and O–H groups in total. The van der Waals surface area contributed by atoms with Crippen LogP contribution >= 0.6 is 0 Å². The van der Waals surface area contributed by atoms with Crippen LogP contribution < -0.4 is 4.72 Å². The predicted molar refractivity (Wildman–Crippen MR) is 87.6 cm³/mol. The summed E-state index contributed by atoms with van der Waals surface area (Å²) in [4.78, 5) is 11.8. The summed E-state index contributed by atoms with van der Waals surface area (Å²) in [5, 5.41) is 8.98. The highest BCUT2D eigenvalue weighted by Crippen LogP contribution is 2.24. The van der Waals surface area contributed by atoms with Crippen LogP contribution in [-0.2, 0) is 20.6 Å². The van der Waals surface area contributed by atoms with E-state index in [1.807, 2.05) is 10.8 Å². The Morgan fingerprint density at radius 2 is 1.96 bits per heavy atom. The van der Waals surface area contributed by atoms with Gasteiger partial charge in [0.05, 0.1) is 17.4 Å². The molecule has 0 radical (unpaired) electrons. The van der Waals surface area contributed by atoms with Gasteiger partial charge in [-0.2, -0.15) is 5.26 Å². The smallest absolute Gasteiger partial charge is 0.257 e. The molecule has 2 rings (SSSR count). The van der Waals surface area contributed by atoms with Crippen molar-refractivity contribution in [2.45, 2.75) is 37.9 Å². The van der Waals surface area contributed by atoms with Gasteiger partial charge in [0, 0.05) is 6.08 Å². The molecule has 0 aromatic heterocycles. The average Bonchev–Trinajstić information content (AvgIpc) is 2.53. The molecule has 1 aliphatic rings. The lowest BCUT2D eigenvalue weighted by atomic mass is 9.89. The summed E-state index contributed by atoms with van der Waals surface area (Å²) in [5.74, 6) is -0.666. The molecule has 1 amide bonds. The minimum atomic E-state index is -3.82. The summed E-state index contributed by atoms with van der Waals surface area (Å²) in [7, 11) is -3.82. The number of carbonyl (C=O) groups excluding carboxylic acids is 1. The first-order chi connectivity index (χ1) is 11.0. The van der Waals surface area contributed by atoms with Crippen LogP contribution in [0.2, 0.25) is 0 Å². The van der Waals surface area contributed by atoms with E-state index in [0.29, 0.717) is 17.0 Å². The van der Waals surface area contributed by atoms with Gasteiger partial charge in [0.1, 0.15) is 0 Å². The number of amides is 1. The van der Waals surface area contributed by atoms with Crippen LogP contribution in [0.3, 0.4) is 0 Å². The highest BCUT2D eigenvalue weighted by atomic mass is 32.2. The minimum Gasteiger partial charge on any atom is -0.269 e. The van der Waals surface area contributed by atoms with Gasteiger partial charge in [-0.3, -0.25) is 4.79 Å². The van der Waals surface area contributed by atoms with Gasteiger partial charge in [0.2, 0.25) is 10.0 Å². The quantitative estimate of drug-likeness (QED) is 0.840. The summed E-state index contributed by atoms with van der Waals surface area (Å²) in [6, 6.07) is 8.40. The third-order valence-electron chi connectivity index (χ3n) is 3.91. The molecule has 122 valence electrons. The maximum atomic E-state index is 12.1. The lowest BCUT2D eigenvalue weighted by Gasteiger charge is -2.17. The summed E-state index contributed by atoms with van der Waals surface area (Å²) < 4.78 is 26.1. The molecular formula is C17H20N2O3S. The number of sulfonamides is 1. The van der Waals surface area contributed by atoms with Crippen LogP contribution in [0.25, 0.3) is 0 Å². The second-order valence-electron chi connectivity index (χ2n) is 5.75. The van der Waals surface area contributed by atoms with Crippen molar-refractivity contribution >= 4 is 15.9 Å². The zero-order valence-corrected chi connectivity index (χ0v) is 13.7. The van der Waals surface area contributed by atoms with Crippen LogP contribution in [0.1, 0.15) is 43.2 Å². The SMILES string of the molecule is N#Cc1ccccc1CS(=O)(=O)NC(=O)/C=C\C1CCCCC1. The van der Waals surface area contributed by atoms with Crippen molar-refractivity contribution in [3.8, 4) is 6.07 Å². The lowest BCUT2D eigenvalue weighted by molar-refractivity contribution is -0.114. The Bertz CT molecular complexity index is 726. The fraction of sp³-hybridized carbons (Fsp3) is 0.412. The molecule has 0 spiro atoms. The molecule has 1 saturated carbocycles. The third kappa shape index (κ3) is 5.53. The van der Waals surface area contributed by atoms with E-state index in [4.69, 9.17) is 5.26 Å². The van der Waals surface area contributed by atoms with E-state index in [-0.39, 0.29) is 5.75 Å². The monoisotopic (exact) mass is 332 g/mol. The van der Waals surface area contributed by atoms with Gasteiger partial charge in [-0.05, 0) is 30.4 Å². The van der Waals surface area contributed by atoms with Gasteiger partial charge in [0.15, 0.2) is 0 Å². The Labute approximate surface area is 137 Å². The summed E-state index contributed by atoms with van der Waals surface area (Å²) in [6.07, 6.45) is 8.73. The number of rotatable bonds is 5. The molecule has 6 heteroatoms. The van der Waals surface area contributed by atoms with Gasteiger partial charge in [-0.15, -0.1) is 0 Å². The zero-order chi connectivity index (χ0) is 16.7. The standard InChI is InChI=1S/C17H20N2O3S/c18-12-15-8-4-5-9-16(15)13-23(21,22)19-17(20)11-10-14-6-2-1-3-7-14/h4-5,8-11,14H,1-3,6-7,13H2,(H,19,20)/b11-10-. The van der Waals surface area contributed by atoms with Gasteiger partial charge in [-0.25, -0.2) is 13.1 Å². The molecule has 1 aromatic carbocycles. The molecule has 1 fully saturated rings. The van der Waals surface area contributed by atoms with Crippen LogP contribution in [0.15, 0.2) is 36.4 Å². The Morgan fingerprint density at radius 3 is 2.65 bits per heavy atom. The van der Waals surface area contributed by atoms with Crippen LogP contribution in [0.4, 0.5) is 0 Å². The normalized spacial score (nSPS) is 16.1. The maximum absolute atomic E-state index is 12.1. The largest absolute Gasteiger partial charge is 0.269 e. The number of benzene rings is 1. The number of nitrogens with zero attached hydrogens (tertiary/aromatic N) is 1. The van der Waals surface area contributed by atoms with Gasteiger partial charge in [0.25, 0.3) is 5.91 Å². The molecule has 1 aliphatic carbocycles. The topological polar surface area (TPSA) is 87.0 Å². The molecule has 0 bridgehead atoms. The highest BCUT2D eigenvalue weighted by Gasteiger charge is 2.17. The number of carbonyl (C=O) groups is 1. The highest BCUT2D eigenvalue weighted by molar-refractivity contribution is 7.89. The molecule has 5 nitrogen and oxygen atoms in total. The molecule has 0 saturated heterocycles. The fourth-order valence-electron chi connectivity index (χ4n) is 2.73. The van der Waals surface area contributed by atoms with Crippen molar-refractivity contribution < 1.29 is 13.2 Å². The number of hydrogen-bond acceptors (Lipinski definition) is 4. The van der Waals surface area contributed by atoms with Gasteiger partial charge in [-0.1, -0.05) is 43.5 Å². The first kappa shape index (κ1) is 17.2. The Morgan fingerprint density at radius 1 is 1.26 bits per heavy atom. The van der Waals surface area contributed by atoms with Gasteiger partial charge < -0.3 is 0 Å². The van der Waals surface area contributed by atoms with Crippen molar-refractivity contribution in [3.63, 3.8) is 0 Å². The third-order valence-corrected chi connectivity index (χ3v) is 5.11. The second-order valence-corrected chi connectivity index (χ2v) is 7.47. The van der Waals surface area contributed by atoms with E-state index in [2.05, 4.69) is 0 Å². The molecule has 1 aromatic rings. The summed E-state index contributed by atoms with van der Waals surface area (Å²) >= 11 is 0. The van der Waals surface area contributed by atoms with E-state index in [1.54, 1.807) is 30.3 Å². The maximum Gasteiger partial charge on any atom is 0.257 e. The minimum absolute atomic E-state index is 0.295. The number of hydrogen-bond donors (Lipinski definition) is 1. The molecule has 23 heavy (non-hydrogen) atoms. The predicted octanol–water partition coefficient (Wildman–Crippen LogP) is 2.64. The van der Waals surface area contributed by atoms with E-state index in [0.717, 1.165) is 25.7 Å². The van der Waals surface area contributed by atoms with E-state index in [9.17, 15) is 13.2 Å². The number of nitriles is 1. The lowest BCUT2D eigenvalue weighted by Crippen LogP contribution is -2.30. The Hall–Kier alpha value is -2.13. The van der Waals surface area contributed by atoms with Crippen molar-refractivity contribution in [1.29, 1.82) is 5.26 Å². The van der Waals surface area contributed by atoms with E-state index in [1.165, 1.54) is 12.5 Å². The average molecular weight is 332 g/mol. The second kappa shape index (κ2) is 7.93. The van der Waals surface area contributed by atoms with Crippen molar-refractivity contribution in [1.82, 2.24) is 4.72 Å². The Kier molecular flexibility index (Phi) is 5.94. The first-order valence-electron chi connectivity index (χ1n) is 7.71. The van der Waals surface area contributed by atoms with Gasteiger partial charge >= 0.3 is 0 Å². The zero-order valence-electron chi connectivity index (χ0n) is 12.9. The van der Waals surface area contributed by atoms with Crippen LogP contribution in [0.5, 0.6) is 0 Å². The Balaban J connectivity index is 1.96. The molecule has 0 unspecified atom stereocenters. The van der Waals surface area contributed by atoms with Crippen molar-refractivity contribution in [2.75, 3.05) is 0 Å². The number of nitrogens with one attached hydrogen (secondary N) is 1. The molecular weight excluding hydrogens is 312 g/mol. The van der Waals surface area contributed by atoms with E-state index >= 15 is 0 Å².